The first-order valence-corrected chi connectivity index (χ1v) is 7.90. The molecule has 0 bridgehead atoms. The molecule has 0 aliphatic carbocycles. The number of thiazole rings is 1. The fourth-order valence-corrected chi connectivity index (χ4v) is 3.16. The quantitative estimate of drug-likeness (QED) is 0.934. The first-order chi connectivity index (χ1) is 9.74. The van der Waals surface area contributed by atoms with Crippen molar-refractivity contribution in [3.8, 4) is 10.6 Å². The van der Waals surface area contributed by atoms with E-state index in [9.17, 15) is 4.79 Å². The van der Waals surface area contributed by atoms with Crippen molar-refractivity contribution < 1.29 is 4.79 Å². The van der Waals surface area contributed by atoms with Crippen molar-refractivity contribution >= 4 is 17.2 Å². The number of nitrogens with zero attached hydrogens (tertiary/aromatic N) is 1. The van der Waals surface area contributed by atoms with Crippen molar-refractivity contribution in [3.05, 3.63) is 40.4 Å². The molecule has 0 aliphatic rings. The van der Waals surface area contributed by atoms with Gasteiger partial charge in [-0.05, 0) is 40.7 Å². The Morgan fingerprint density at radius 1 is 1.29 bits per heavy atom. The smallest absolute Gasteiger partial charge is 0.225 e. The summed E-state index contributed by atoms with van der Waals surface area (Å²) in [6, 6.07) is 8.29. The predicted molar refractivity (Wildman–Crippen MR) is 88.6 cm³/mol. The van der Waals surface area contributed by atoms with Gasteiger partial charge in [-0.25, -0.2) is 4.98 Å². The molecule has 1 heterocycles. The monoisotopic (exact) mass is 302 g/mol. The Bertz CT molecular complexity index is 653. The molecule has 0 fully saturated rings. The van der Waals surface area contributed by atoms with Crippen LogP contribution in [-0.2, 0) is 11.2 Å². The molecular formula is C17H22N2OS. The first kappa shape index (κ1) is 15.7. The summed E-state index contributed by atoms with van der Waals surface area (Å²) in [6.07, 6.45) is 0.395. The van der Waals surface area contributed by atoms with E-state index in [-0.39, 0.29) is 11.4 Å². The minimum atomic E-state index is -0.199. The van der Waals surface area contributed by atoms with Crippen molar-refractivity contribution in [2.75, 3.05) is 0 Å². The van der Waals surface area contributed by atoms with Crippen molar-refractivity contribution in [1.29, 1.82) is 0 Å². The molecule has 1 aromatic carbocycles. The number of hydrogen-bond acceptors (Lipinski definition) is 3. The molecule has 2 aromatic rings. The number of benzene rings is 1. The zero-order valence-electron chi connectivity index (χ0n) is 13.3. The molecule has 0 radical (unpaired) electrons. The minimum Gasteiger partial charge on any atom is -0.351 e. The summed E-state index contributed by atoms with van der Waals surface area (Å²) in [5.41, 5.74) is 3.08. The summed E-state index contributed by atoms with van der Waals surface area (Å²) in [5, 5.41) is 3.97. The lowest BCUT2D eigenvalue weighted by atomic mass is 10.1. The molecule has 0 atom stereocenters. The van der Waals surface area contributed by atoms with Crippen LogP contribution in [0.2, 0.25) is 0 Å². The second kappa shape index (κ2) is 5.98. The van der Waals surface area contributed by atoms with Crippen LogP contribution in [0.5, 0.6) is 0 Å². The van der Waals surface area contributed by atoms with Crippen LogP contribution in [0.3, 0.4) is 0 Å². The molecule has 4 heteroatoms. The number of aromatic nitrogens is 1. The fourth-order valence-electron chi connectivity index (χ4n) is 2.10. The predicted octanol–water partition coefficient (Wildman–Crippen LogP) is 3.88. The lowest BCUT2D eigenvalue weighted by Crippen LogP contribution is -2.41. The Kier molecular flexibility index (Phi) is 4.47. The summed E-state index contributed by atoms with van der Waals surface area (Å²) in [6.45, 7) is 10.0. The highest BCUT2D eigenvalue weighted by atomic mass is 32.1. The normalized spacial score (nSPS) is 11.5. The van der Waals surface area contributed by atoms with E-state index in [1.807, 2.05) is 33.8 Å². The van der Waals surface area contributed by atoms with Crippen LogP contribution in [0, 0.1) is 13.8 Å². The van der Waals surface area contributed by atoms with Crippen molar-refractivity contribution in [1.82, 2.24) is 10.3 Å². The molecule has 0 spiro atoms. The molecule has 21 heavy (non-hydrogen) atoms. The second-order valence-corrected chi connectivity index (χ2v) is 7.46. The largest absolute Gasteiger partial charge is 0.351 e. The molecule has 112 valence electrons. The van der Waals surface area contributed by atoms with E-state index >= 15 is 0 Å². The number of aryl methyl sites for hydroxylation is 2. The van der Waals surface area contributed by atoms with Gasteiger partial charge in [0.2, 0.25) is 5.91 Å². The van der Waals surface area contributed by atoms with Crippen LogP contribution >= 0.6 is 11.3 Å². The van der Waals surface area contributed by atoms with Gasteiger partial charge in [-0.15, -0.1) is 11.3 Å². The van der Waals surface area contributed by atoms with Gasteiger partial charge in [-0.3, -0.25) is 4.79 Å². The van der Waals surface area contributed by atoms with Crippen LogP contribution in [0.15, 0.2) is 24.3 Å². The molecule has 0 aliphatic heterocycles. The van der Waals surface area contributed by atoms with E-state index in [2.05, 4.69) is 35.4 Å². The Hall–Kier alpha value is -1.68. The maximum Gasteiger partial charge on any atom is 0.225 e. The summed E-state index contributed by atoms with van der Waals surface area (Å²) in [5.74, 6) is 0.0463. The van der Waals surface area contributed by atoms with Crippen molar-refractivity contribution in [2.24, 2.45) is 0 Å². The average molecular weight is 302 g/mol. The number of carbonyl (C=O) groups is 1. The Labute approximate surface area is 130 Å². The third-order valence-corrected chi connectivity index (χ3v) is 4.20. The molecule has 1 amide bonds. The second-order valence-electron chi connectivity index (χ2n) is 6.37. The highest BCUT2D eigenvalue weighted by Crippen LogP contribution is 2.28. The average Bonchev–Trinajstić information content (AvgIpc) is 2.68. The molecular weight excluding hydrogens is 280 g/mol. The summed E-state index contributed by atoms with van der Waals surface area (Å²) in [7, 11) is 0. The molecule has 0 saturated carbocycles. The summed E-state index contributed by atoms with van der Waals surface area (Å²) >= 11 is 1.60. The van der Waals surface area contributed by atoms with E-state index in [0.717, 1.165) is 21.1 Å². The lowest BCUT2D eigenvalue weighted by molar-refractivity contribution is -0.121. The van der Waals surface area contributed by atoms with Gasteiger partial charge < -0.3 is 5.32 Å². The molecule has 2 rings (SSSR count). The van der Waals surface area contributed by atoms with E-state index in [4.69, 9.17) is 0 Å². The zero-order valence-corrected chi connectivity index (χ0v) is 14.1. The van der Waals surface area contributed by atoms with Crippen molar-refractivity contribution in [2.45, 2.75) is 46.6 Å². The minimum absolute atomic E-state index is 0.0463. The Balaban J connectivity index is 2.18. The molecule has 0 unspecified atom stereocenters. The van der Waals surface area contributed by atoms with Crippen molar-refractivity contribution in [3.63, 3.8) is 0 Å². The van der Waals surface area contributed by atoms with Gasteiger partial charge in [0.25, 0.3) is 0 Å². The number of rotatable bonds is 3. The molecule has 1 N–H and O–H groups in total. The van der Waals surface area contributed by atoms with Gasteiger partial charge in [-0.2, -0.15) is 0 Å². The lowest BCUT2D eigenvalue weighted by Gasteiger charge is -2.20. The highest BCUT2D eigenvalue weighted by molar-refractivity contribution is 7.15. The van der Waals surface area contributed by atoms with Gasteiger partial charge >= 0.3 is 0 Å². The number of nitrogens with one attached hydrogen (secondary N) is 1. The van der Waals surface area contributed by atoms with Gasteiger partial charge in [0, 0.05) is 16.0 Å². The van der Waals surface area contributed by atoms with E-state index < -0.39 is 0 Å². The topological polar surface area (TPSA) is 42.0 Å². The number of carbonyl (C=O) groups excluding carboxylic acids is 1. The summed E-state index contributed by atoms with van der Waals surface area (Å²) < 4.78 is 0. The first-order valence-electron chi connectivity index (χ1n) is 7.09. The molecule has 0 saturated heterocycles. The summed E-state index contributed by atoms with van der Waals surface area (Å²) in [4.78, 5) is 17.7. The SMILES string of the molecule is Cc1cccc(-c2nc(C)c(CC(=O)NC(C)(C)C)s2)c1. The van der Waals surface area contributed by atoms with Crippen LogP contribution in [0.25, 0.3) is 10.6 Å². The third-order valence-electron chi connectivity index (χ3n) is 2.99. The van der Waals surface area contributed by atoms with Crippen LogP contribution in [-0.4, -0.2) is 16.4 Å². The van der Waals surface area contributed by atoms with Crippen LogP contribution in [0.1, 0.15) is 36.9 Å². The van der Waals surface area contributed by atoms with Gasteiger partial charge in [0.05, 0.1) is 12.1 Å². The number of amides is 1. The maximum atomic E-state index is 12.0. The van der Waals surface area contributed by atoms with E-state index in [1.54, 1.807) is 11.3 Å². The van der Waals surface area contributed by atoms with Crippen LogP contribution < -0.4 is 5.32 Å². The number of hydrogen-bond donors (Lipinski definition) is 1. The van der Waals surface area contributed by atoms with Crippen LogP contribution in [0.4, 0.5) is 0 Å². The molecule has 1 aromatic heterocycles. The van der Waals surface area contributed by atoms with E-state index in [1.165, 1.54) is 5.56 Å². The zero-order chi connectivity index (χ0) is 15.6. The molecule has 3 nitrogen and oxygen atoms in total. The third kappa shape index (κ3) is 4.39. The van der Waals surface area contributed by atoms with Gasteiger partial charge in [0.15, 0.2) is 0 Å². The van der Waals surface area contributed by atoms with Gasteiger partial charge in [-0.1, -0.05) is 23.8 Å². The Morgan fingerprint density at radius 2 is 2.00 bits per heavy atom. The maximum absolute atomic E-state index is 12.0. The highest BCUT2D eigenvalue weighted by Gasteiger charge is 2.17. The fraction of sp³-hybridized carbons (Fsp3) is 0.412. The standard InChI is InChI=1S/C17H22N2OS/c1-11-7-6-8-13(9-11)16-18-12(2)14(21-16)10-15(20)19-17(3,4)5/h6-9H,10H2,1-5H3,(H,19,20). The van der Waals surface area contributed by atoms with Gasteiger partial charge in [0.1, 0.15) is 5.01 Å². The van der Waals surface area contributed by atoms with E-state index in [0.29, 0.717) is 6.42 Å². The Morgan fingerprint density at radius 3 is 2.62 bits per heavy atom.